The number of rotatable bonds is 3. The molecule has 0 N–H and O–H groups in total. The van der Waals surface area contributed by atoms with Crippen LogP contribution in [0.1, 0.15) is 37.0 Å². The van der Waals surface area contributed by atoms with Crippen LogP contribution < -0.4 is 4.74 Å². The lowest BCUT2D eigenvalue weighted by atomic mass is 9.97. The molecule has 0 aromatic heterocycles. The number of aryl methyl sites for hydroxylation is 2. The van der Waals surface area contributed by atoms with Gasteiger partial charge in [0.2, 0.25) is 0 Å². The molecule has 1 rings (SSSR count). The van der Waals surface area contributed by atoms with E-state index in [2.05, 4.69) is 45.9 Å². The summed E-state index contributed by atoms with van der Waals surface area (Å²) >= 11 is 0. The fourth-order valence-corrected chi connectivity index (χ4v) is 2.01. The van der Waals surface area contributed by atoms with E-state index in [9.17, 15) is 0 Å². The molecule has 0 aliphatic carbocycles. The molecular formula is C14H20O. The first-order valence-electron chi connectivity index (χ1n) is 5.44. The molecule has 0 saturated heterocycles. The molecule has 1 heteroatoms. The molecule has 0 radical (unpaired) electrons. The Labute approximate surface area is 92.8 Å². The lowest BCUT2D eigenvalue weighted by Crippen LogP contribution is -1.95. The summed E-state index contributed by atoms with van der Waals surface area (Å²) in [5, 5.41) is 0. The zero-order valence-corrected chi connectivity index (χ0v) is 10.3. The molecule has 0 aliphatic rings. The average Bonchev–Trinajstić information content (AvgIpc) is 2.19. The third kappa shape index (κ3) is 2.41. The van der Waals surface area contributed by atoms with E-state index < -0.39 is 0 Å². The Morgan fingerprint density at radius 2 is 2.00 bits per heavy atom. The second kappa shape index (κ2) is 5.01. The van der Waals surface area contributed by atoms with Crippen molar-refractivity contribution in [3.8, 4) is 5.75 Å². The molecule has 0 bridgehead atoms. The van der Waals surface area contributed by atoms with Gasteiger partial charge in [-0.05, 0) is 50.0 Å². The SMILES string of the molecule is CC=C(CC)c1cc(C)cc(C)c1OC. The van der Waals surface area contributed by atoms with Gasteiger partial charge in [0.05, 0.1) is 7.11 Å². The van der Waals surface area contributed by atoms with Gasteiger partial charge in [-0.15, -0.1) is 0 Å². The predicted octanol–water partition coefficient (Wildman–Crippen LogP) is 4.13. The van der Waals surface area contributed by atoms with Crippen LogP contribution in [0, 0.1) is 13.8 Å². The summed E-state index contributed by atoms with van der Waals surface area (Å²) in [6.45, 7) is 8.47. The van der Waals surface area contributed by atoms with Crippen LogP contribution in [0.15, 0.2) is 18.2 Å². The Morgan fingerprint density at radius 1 is 1.33 bits per heavy atom. The van der Waals surface area contributed by atoms with E-state index in [1.807, 2.05) is 0 Å². The minimum atomic E-state index is 1.01. The summed E-state index contributed by atoms with van der Waals surface area (Å²) in [6, 6.07) is 4.36. The van der Waals surface area contributed by atoms with Gasteiger partial charge in [-0.3, -0.25) is 0 Å². The van der Waals surface area contributed by atoms with E-state index in [0.717, 1.165) is 12.2 Å². The minimum absolute atomic E-state index is 1.01. The maximum absolute atomic E-state index is 5.47. The zero-order valence-electron chi connectivity index (χ0n) is 10.3. The highest BCUT2D eigenvalue weighted by Gasteiger charge is 2.09. The third-order valence-electron chi connectivity index (χ3n) is 2.70. The number of methoxy groups -OCH3 is 1. The van der Waals surface area contributed by atoms with Crippen molar-refractivity contribution in [3.63, 3.8) is 0 Å². The average molecular weight is 204 g/mol. The fourth-order valence-electron chi connectivity index (χ4n) is 2.01. The highest BCUT2D eigenvalue weighted by Crippen LogP contribution is 2.32. The first kappa shape index (κ1) is 11.8. The molecule has 0 fully saturated rings. The van der Waals surface area contributed by atoms with E-state index in [1.54, 1.807) is 7.11 Å². The van der Waals surface area contributed by atoms with E-state index in [1.165, 1.54) is 22.3 Å². The zero-order chi connectivity index (χ0) is 11.4. The number of ether oxygens (including phenoxy) is 1. The van der Waals surface area contributed by atoms with Crippen LogP contribution in [-0.2, 0) is 0 Å². The summed E-state index contributed by atoms with van der Waals surface area (Å²) in [5.41, 5.74) is 5.08. The summed E-state index contributed by atoms with van der Waals surface area (Å²) in [7, 11) is 1.74. The molecule has 0 amide bonds. The van der Waals surface area contributed by atoms with Gasteiger partial charge >= 0.3 is 0 Å². The fraction of sp³-hybridized carbons (Fsp3) is 0.429. The molecule has 0 atom stereocenters. The Kier molecular flexibility index (Phi) is 3.96. The van der Waals surface area contributed by atoms with Crippen molar-refractivity contribution in [1.29, 1.82) is 0 Å². The van der Waals surface area contributed by atoms with Gasteiger partial charge in [0, 0.05) is 5.56 Å². The van der Waals surface area contributed by atoms with Crippen molar-refractivity contribution < 1.29 is 4.74 Å². The molecule has 15 heavy (non-hydrogen) atoms. The van der Waals surface area contributed by atoms with Gasteiger partial charge in [0.1, 0.15) is 5.75 Å². The Morgan fingerprint density at radius 3 is 2.47 bits per heavy atom. The number of allylic oxidation sites excluding steroid dienone is 2. The molecule has 0 unspecified atom stereocenters. The molecule has 0 spiro atoms. The van der Waals surface area contributed by atoms with Crippen LogP contribution in [0.4, 0.5) is 0 Å². The molecule has 0 aliphatic heterocycles. The molecule has 1 aromatic carbocycles. The molecule has 0 saturated carbocycles. The predicted molar refractivity (Wildman–Crippen MR) is 66.4 cm³/mol. The van der Waals surface area contributed by atoms with Gasteiger partial charge in [0.15, 0.2) is 0 Å². The smallest absolute Gasteiger partial charge is 0.129 e. The summed E-state index contributed by atoms with van der Waals surface area (Å²) < 4.78 is 5.47. The van der Waals surface area contributed by atoms with Crippen molar-refractivity contribution in [2.75, 3.05) is 7.11 Å². The van der Waals surface area contributed by atoms with E-state index >= 15 is 0 Å². The molecule has 82 valence electrons. The quantitative estimate of drug-likeness (QED) is 0.719. The monoisotopic (exact) mass is 204 g/mol. The maximum atomic E-state index is 5.47. The van der Waals surface area contributed by atoms with Crippen molar-refractivity contribution in [2.24, 2.45) is 0 Å². The Bertz CT molecular complexity index is 375. The van der Waals surface area contributed by atoms with Gasteiger partial charge in [-0.2, -0.15) is 0 Å². The van der Waals surface area contributed by atoms with Gasteiger partial charge in [-0.1, -0.05) is 19.1 Å². The van der Waals surface area contributed by atoms with E-state index in [0.29, 0.717) is 0 Å². The lowest BCUT2D eigenvalue weighted by Gasteiger charge is -2.14. The van der Waals surface area contributed by atoms with Crippen LogP contribution in [0.25, 0.3) is 5.57 Å². The highest BCUT2D eigenvalue weighted by molar-refractivity contribution is 5.72. The normalized spacial score (nSPS) is 11.7. The molecule has 1 aromatic rings. The second-order valence-electron chi connectivity index (χ2n) is 3.83. The van der Waals surface area contributed by atoms with Crippen molar-refractivity contribution in [3.05, 3.63) is 34.9 Å². The highest BCUT2D eigenvalue weighted by atomic mass is 16.5. The number of hydrogen-bond acceptors (Lipinski definition) is 1. The third-order valence-corrected chi connectivity index (χ3v) is 2.70. The minimum Gasteiger partial charge on any atom is -0.496 e. The standard InChI is InChI=1S/C14H20O/c1-6-12(7-2)13-9-10(3)8-11(4)14(13)15-5/h6,8-9H,7H2,1-5H3. The van der Waals surface area contributed by atoms with Crippen molar-refractivity contribution in [1.82, 2.24) is 0 Å². The Hall–Kier alpha value is -1.24. The van der Waals surface area contributed by atoms with Crippen molar-refractivity contribution >= 4 is 5.57 Å². The van der Waals surface area contributed by atoms with Crippen LogP contribution >= 0.6 is 0 Å². The first-order valence-corrected chi connectivity index (χ1v) is 5.44. The summed E-state index contributed by atoms with van der Waals surface area (Å²) in [5.74, 6) is 1.01. The topological polar surface area (TPSA) is 9.23 Å². The van der Waals surface area contributed by atoms with Crippen LogP contribution in [0.2, 0.25) is 0 Å². The van der Waals surface area contributed by atoms with Crippen molar-refractivity contribution in [2.45, 2.75) is 34.1 Å². The second-order valence-corrected chi connectivity index (χ2v) is 3.83. The molecule has 0 heterocycles. The largest absolute Gasteiger partial charge is 0.496 e. The summed E-state index contributed by atoms with van der Waals surface area (Å²) in [6.07, 6.45) is 3.20. The summed E-state index contributed by atoms with van der Waals surface area (Å²) in [4.78, 5) is 0. The van der Waals surface area contributed by atoms with Crippen LogP contribution in [-0.4, -0.2) is 7.11 Å². The van der Waals surface area contributed by atoms with Gasteiger partial charge in [0.25, 0.3) is 0 Å². The lowest BCUT2D eigenvalue weighted by molar-refractivity contribution is 0.410. The van der Waals surface area contributed by atoms with Gasteiger partial charge in [-0.25, -0.2) is 0 Å². The molecular weight excluding hydrogens is 184 g/mol. The maximum Gasteiger partial charge on any atom is 0.129 e. The van der Waals surface area contributed by atoms with E-state index in [4.69, 9.17) is 4.74 Å². The molecule has 1 nitrogen and oxygen atoms in total. The van der Waals surface area contributed by atoms with Gasteiger partial charge < -0.3 is 4.74 Å². The van der Waals surface area contributed by atoms with Crippen LogP contribution in [0.5, 0.6) is 5.75 Å². The van der Waals surface area contributed by atoms with Crippen LogP contribution in [0.3, 0.4) is 0 Å². The number of benzene rings is 1. The van der Waals surface area contributed by atoms with E-state index in [-0.39, 0.29) is 0 Å². The first-order chi connectivity index (χ1) is 7.13. The number of hydrogen-bond donors (Lipinski definition) is 0. The Balaban J connectivity index is 3.38.